The molecule has 1 fully saturated rings. The molecule has 108 valence electrons. The molecule has 0 aliphatic heterocycles. The number of nitrogens with zero attached hydrogens (tertiary/aromatic N) is 2. The van der Waals surface area contributed by atoms with Crippen LogP contribution in [0.1, 0.15) is 37.5 Å². The lowest BCUT2D eigenvalue weighted by atomic mass is 9.93. The van der Waals surface area contributed by atoms with Crippen LogP contribution in [0.3, 0.4) is 0 Å². The third-order valence-electron chi connectivity index (χ3n) is 3.85. The molecule has 0 saturated heterocycles. The van der Waals surface area contributed by atoms with Crippen LogP contribution in [0.25, 0.3) is 10.2 Å². The van der Waals surface area contributed by atoms with Crippen molar-refractivity contribution in [1.82, 2.24) is 9.97 Å². The van der Waals surface area contributed by atoms with Crippen LogP contribution in [0.2, 0.25) is 0 Å². The van der Waals surface area contributed by atoms with E-state index in [9.17, 15) is 5.11 Å². The first-order valence-electron chi connectivity index (χ1n) is 7.16. The number of aliphatic hydroxyl groups excluding tert-OH is 1. The number of aryl methyl sites for hydroxylation is 1. The summed E-state index contributed by atoms with van der Waals surface area (Å²) in [5.74, 6) is 1.16. The lowest BCUT2D eigenvalue weighted by molar-refractivity contribution is 0.126. The van der Waals surface area contributed by atoms with Crippen LogP contribution in [0.15, 0.2) is 6.07 Å². The van der Waals surface area contributed by atoms with Gasteiger partial charge in [0.05, 0.1) is 11.5 Å². The molecule has 5 nitrogen and oxygen atoms in total. The highest BCUT2D eigenvalue weighted by molar-refractivity contribution is 7.18. The number of nitrogens with one attached hydrogen (secondary N) is 1. The van der Waals surface area contributed by atoms with Crippen LogP contribution < -0.4 is 11.1 Å². The van der Waals surface area contributed by atoms with Crippen molar-refractivity contribution in [3.63, 3.8) is 0 Å². The van der Waals surface area contributed by atoms with Crippen molar-refractivity contribution in [2.24, 2.45) is 0 Å². The summed E-state index contributed by atoms with van der Waals surface area (Å²) in [5.41, 5.74) is 5.81. The van der Waals surface area contributed by atoms with Crippen molar-refractivity contribution in [1.29, 1.82) is 0 Å². The summed E-state index contributed by atoms with van der Waals surface area (Å²) in [4.78, 5) is 10.9. The van der Waals surface area contributed by atoms with E-state index in [1.54, 1.807) is 11.3 Å². The minimum absolute atomic E-state index is 0.142. The maximum absolute atomic E-state index is 9.57. The topological polar surface area (TPSA) is 84.1 Å². The van der Waals surface area contributed by atoms with Crippen molar-refractivity contribution in [3.05, 3.63) is 10.9 Å². The zero-order valence-corrected chi connectivity index (χ0v) is 12.4. The van der Waals surface area contributed by atoms with Crippen LogP contribution in [-0.4, -0.2) is 27.2 Å². The van der Waals surface area contributed by atoms with E-state index in [4.69, 9.17) is 5.73 Å². The molecule has 1 aliphatic rings. The monoisotopic (exact) mass is 292 g/mol. The fourth-order valence-corrected chi connectivity index (χ4v) is 3.66. The van der Waals surface area contributed by atoms with E-state index in [1.165, 1.54) is 4.88 Å². The van der Waals surface area contributed by atoms with Gasteiger partial charge in [0.1, 0.15) is 10.6 Å². The van der Waals surface area contributed by atoms with E-state index in [-0.39, 0.29) is 6.10 Å². The Morgan fingerprint density at radius 2 is 2.10 bits per heavy atom. The molecule has 20 heavy (non-hydrogen) atoms. The Kier molecular flexibility index (Phi) is 3.76. The van der Waals surface area contributed by atoms with Gasteiger partial charge in [-0.15, -0.1) is 11.3 Å². The average molecular weight is 292 g/mol. The molecule has 0 spiro atoms. The van der Waals surface area contributed by atoms with Gasteiger partial charge in [0.15, 0.2) is 0 Å². The van der Waals surface area contributed by atoms with Gasteiger partial charge in [-0.2, -0.15) is 4.98 Å². The predicted molar refractivity (Wildman–Crippen MR) is 83.1 cm³/mol. The van der Waals surface area contributed by atoms with Crippen LogP contribution in [0, 0.1) is 0 Å². The highest BCUT2D eigenvalue weighted by Gasteiger charge is 2.21. The summed E-state index contributed by atoms with van der Waals surface area (Å²) < 4.78 is 0. The van der Waals surface area contributed by atoms with Gasteiger partial charge < -0.3 is 16.2 Å². The van der Waals surface area contributed by atoms with Crippen molar-refractivity contribution in [2.75, 3.05) is 11.1 Å². The Hall–Kier alpha value is -1.40. The molecule has 2 heterocycles. The quantitative estimate of drug-likeness (QED) is 0.809. The number of hydrogen-bond donors (Lipinski definition) is 3. The maximum atomic E-state index is 9.57. The fraction of sp³-hybridized carbons (Fsp3) is 0.571. The Bertz CT molecular complexity index is 604. The smallest absolute Gasteiger partial charge is 0.223 e. The minimum Gasteiger partial charge on any atom is -0.393 e. The second-order valence-corrected chi connectivity index (χ2v) is 6.48. The van der Waals surface area contributed by atoms with E-state index in [1.807, 2.05) is 0 Å². The first kappa shape index (κ1) is 13.6. The van der Waals surface area contributed by atoms with Gasteiger partial charge in [0, 0.05) is 10.9 Å². The third kappa shape index (κ3) is 2.71. The SMILES string of the molecule is CCc1cc2c(NC3CCC(O)CC3)nc(N)nc2s1. The molecule has 6 heteroatoms. The first-order valence-corrected chi connectivity index (χ1v) is 7.98. The van der Waals surface area contributed by atoms with Crippen LogP contribution >= 0.6 is 11.3 Å². The number of nitrogens with two attached hydrogens (primary N) is 1. The normalized spacial score (nSPS) is 23.1. The molecule has 1 aliphatic carbocycles. The van der Waals surface area contributed by atoms with Gasteiger partial charge in [-0.3, -0.25) is 0 Å². The summed E-state index contributed by atoms with van der Waals surface area (Å²) in [7, 11) is 0. The van der Waals surface area contributed by atoms with E-state index < -0.39 is 0 Å². The molecule has 0 radical (unpaired) electrons. The molecule has 0 amide bonds. The molecule has 2 aromatic rings. The summed E-state index contributed by atoms with van der Waals surface area (Å²) >= 11 is 1.68. The van der Waals surface area contributed by atoms with Gasteiger partial charge in [-0.1, -0.05) is 6.92 Å². The van der Waals surface area contributed by atoms with Crippen LogP contribution in [0.4, 0.5) is 11.8 Å². The minimum atomic E-state index is -0.142. The summed E-state index contributed by atoms with van der Waals surface area (Å²) in [6, 6.07) is 2.51. The van der Waals surface area contributed by atoms with E-state index in [0.717, 1.165) is 48.1 Å². The molecular weight excluding hydrogens is 272 g/mol. The van der Waals surface area contributed by atoms with Gasteiger partial charge in [-0.05, 0) is 38.2 Å². The van der Waals surface area contributed by atoms with E-state index in [0.29, 0.717) is 12.0 Å². The highest BCUT2D eigenvalue weighted by Crippen LogP contribution is 2.31. The third-order valence-corrected chi connectivity index (χ3v) is 5.02. The number of fused-ring (bicyclic) bond motifs is 1. The first-order chi connectivity index (χ1) is 9.65. The number of hydrogen-bond acceptors (Lipinski definition) is 6. The number of aliphatic hydroxyl groups is 1. The van der Waals surface area contributed by atoms with Crippen LogP contribution in [0.5, 0.6) is 0 Å². The lowest BCUT2D eigenvalue weighted by Crippen LogP contribution is -2.28. The van der Waals surface area contributed by atoms with E-state index in [2.05, 4.69) is 28.3 Å². The molecule has 0 aromatic carbocycles. The zero-order valence-electron chi connectivity index (χ0n) is 11.6. The van der Waals surface area contributed by atoms with Gasteiger partial charge in [0.2, 0.25) is 5.95 Å². The fourth-order valence-electron chi connectivity index (χ4n) is 2.69. The molecule has 2 aromatic heterocycles. The van der Waals surface area contributed by atoms with Crippen molar-refractivity contribution in [2.45, 2.75) is 51.2 Å². The van der Waals surface area contributed by atoms with Crippen molar-refractivity contribution >= 4 is 33.3 Å². The summed E-state index contributed by atoms with van der Waals surface area (Å²) in [6.07, 6.45) is 4.50. The van der Waals surface area contributed by atoms with Gasteiger partial charge >= 0.3 is 0 Å². The zero-order chi connectivity index (χ0) is 14.1. The number of thiophene rings is 1. The maximum Gasteiger partial charge on any atom is 0.223 e. The number of aromatic nitrogens is 2. The summed E-state index contributed by atoms with van der Waals surface area (Å²) in [5, 5.41) is 14.1. The Morgan fingerprint density at radius 3 is 2.80 bits per heavy atom. The Labute approximate surface area is 122 Å². The highest BCUT2D eigenvalue weighted by atomic mass is 32.1. The molecule has 4 N–H and O–H groups in total. The van der Waals surface area contributed by atoms with E-state index >= 15 is 0 Å². The van der Waals surface area contributed by atoms with Gasteiger partial charge in [-0.25, -0.2) is 4.98 Å². The average Bonchev–Trinajstić information content (AvgIpc) is 2.84. The number of rotatable bonds is 3. The van der Waals surface area contributed by atoms with Crippen molar-refractivity contribution in [3.8, 4) is 0 Å². The molecule has 0 atom stereocenters. The molecule has 0 unspecified atom stereocenters. The van der Waals surface area contributed by atoms with Gasteiger partial charge in [0.25, 0.3) is 0 Å². The summed E-state index contributed by atoms with van der Waals surface area (Å²) in [6.45, 7) is 2.14. The number of nitrogen functional groups attached to an aromatic ring is 1. The standard InChI is InChI=1S/C14H20N4OS/c1-2-10-7-11-12(17-14(15)18-13(11)20-10)16-8-3-5-9(19)6-4-8/h7-9,19H,2-6H2,1H3,(H3,15,16,17,18). The second-order valence-electron chi connectivity index (χ2n) is 5.37. The van der Waals surface area contributed by atoms with Crippen LogP contribution in [-0.2, 0) is 6.42 Å². The molecular formula is C14H20N4OS. The largest absolute Gasteiger partial charge is 0.393 e. The predicted octanol–water partition coefficient (Wildman–Crippen LogP) is 2.55. The molecule has 0 bridgehead atoms. The Balaban J connectivity index is 1.88. The lowest BCUT2D eigenvalue weighted by Gasteiger charge is -2.26. The number of anilines is 2. The second kappa shape index (κ2) is 5.54. The Morgan fingerprint density at radius 1 is 1.35 bits per heavy atom. The molecule has 1 saturated carbocycles. The van der Waals surface area contributed by atoms with Crippen molar-refractivity contribution < 1.29 is 5.11 Å². The molecule has 3 rings (SSSR count).